The van der Waals surface area contributed by atoms with Gasteiger partial charge in [0.15, 0.2) is 0 Å². The summed E-state index contributed by atoms with van der Waals surface area (Å²) in [6, 6.07) is 11.0. The van der Waals surface area contributed by atoms with E-state index in [-0.39, 0.29) is 0 Å². The van der Waals surface area contributed by atoms with Crippen LogP contribution in [0.5, 0.6) is 0 Å². The van der Waals surface area contributed by atoms with Crippen molar-refractivity contribution >= 4 is 10.9 Å². The van der Waals surface area contributed by atoms with Crippen molar-refractivity contribution in [3.05, 3.63) is 42.1 Å². The molecule has 1 aromatic heterocycles. The van der Waals surface area contributed by atoms with Crippen LogP contribution in [0, 0.1) is 17.8 Å². The van der Waals surface area contributed by atoms with Gasteiger partial charge in [0.1, 0.15) is 0 Å². The average Bonchev–Trinajstić information content (AvgIpc) is 2.49. The smallest absolute Gasteiger partial charge is 0.0704 e. The Balaban J connectivity index is 1.83. The molecular weight excluding hydrogens is 256 g/mol. The molecule has 0 aliphatic heterocycles. The molecule has 112 valence electrons. The van der Waals surface area contributed by atoms with Gasteiger partial charge in [-0.25, -0.2) is 0 Å². The Morgan fingerprint density at radius 2 is 2.00 bits per heavy atom. The summed E-state index contributed by atoms with van der Waals surface area (Å²) in [5.74, 6) is 2.22. The highest BCUT2D eigenvalue weighted by atomic mass is 14.7. The van der Waals surface area contributed by atoms with Crippen LogP contribution in [0.1, 0.15) is 38.7 Å². The minimum absolute atomic E-state index is 0.354. The van der Waals surface area contributed by atoms with E-state index in [9.17, 15) is 0 Å². The summed E-state index contributed by atoms with van der Waals surface area (Å²) < 4.78 is 0. The number of benzene rings is 1. The van der Waals surface area contributed by atoms with E-state index < -0.39 is 0 Å². The van der Waals surface area contributed by atoms with E-state index in [0.29, 0.717) is 12.0 Å². The predicted molar refractivity (Wildman–Crippen MR) is 89.1 cm³/mol. The molecule has 21 heavy (non-hydrogen) atoms. The summed E-state index contributed by atoms with van der Waals surface area (Å²) in [6.07, 6.45) is 6.78. The molecular formula is C19H26N2. The van der Waals surface area contributed by atoms with E-state index in [1.165, 1.54) is 30.2 Å². The van der Waals surface area contributed by atoms with E-state index >= 15 is 0 Å². The third-order valence-corrected chi connectivity index (χ3v) is 5.25. The monoisotopic (exact) mass is 282 g/mol. The van der Waals surface area contributed by atoms with E-state index in [1.807, 2.05) is 6.20 Å². The molecule has 2 nitrogen and oxygen atoms in total. The number of nitrogens with zero attached hydrogens (tertiary/aromatic N) is 1. The Morgan fingerprint density at radius 3 is 2.81 bits per heavy atom. The average molecular weight is 282 g/mol. The minimum atomic E-state index is 0.354. The number of aromatic nitrogens is 1. The highest BCUT2D eigenvalue weighted by Gasteiger charge is 2.29. The van der Waals surface area contributed by atoms with Crippen LogP contribution in [-0.2, 0) is 6.42 Å². The van der Waals surface area contributed by atoms with Gasteiger partial charge in [-0.3, -0.25) is 4.98 Å². The molecule has 1 saturated carbocycles. The van der Waals surface area contributed by atoms with Gasteiger partial charge in [-0.15, -0.1) is 0 Å². The molecule has 3 unspecified atom stereocenters. The summed E-state index contributed by atoms with van der Waals surface area (Å²) in [4.78, 5) is 4.47. The number of nitrogens with two attached hydrogens (primary N) is 1. The number of para-hydroxylation sites is 1. The van der Waals surface area contributed by atoms with E-state index in [1.54, 1.807) is 0 Å². The molecule has 0 bridgehead atoms. The number of fused-ring (bicyclic) bond motifs is 1. The third-order valence-electron chi connectivity index (χ3n) is 5.25. The molecule has 3 rings (SSSR count). The maximum absolute atomic E-state index is 6.42. The molecule has 2 aromatic rings. The Bertz CT molecular complexity index is 600. The van der Waals surface area contributed by atoms with Crippen LogP contribution < -0.4 is 5.73 Å². The largest absolute Gasteiger partial charge is 0.327 e. The zero-order valence-corrected chi connectivity index (χ0v) is 13.1. The van der Waals surface area contributed by atoms with Gasteiger partial charge in [-0.2, -0.15) is 0 Å². The molecule has 1 fully saturated rings. The van der Waals surface area contributed by atoms with Crippen LogP contribution in [0.15, 0.2) is 36.5 Å². The molecule has 1 heterocycles. The first-order chi connectivity index (χ1) is 10.1. The first-order valence-corrected chi connectivity index (χ1v) is 8.23. The molecule has 2 N–H and O–H groups in total. The molecule has 1 aliphatic rings. The van der Waals surface area contributed by atoms with Gasteiger partial charge in [0.05, 0.1) is 5.52 Å². The lowest BCUT2D eigenvalue weighted by Crippen LogP contribution is -2.38. The number of hydrogen-bond acceptors (Lipinski definition) is 2. The number of rotatable bonds is 3. The van der Waals surface area contributed by atoms with Crippen molar-refractivity contribution in [3.8, 4) is 0 Å². The predicted octanol–water partition coefficient (Wildman–Crippen LogP) is 4.18. The van der Waals surface area contributed by atoms with Crippen molar-refractivity contribution < 1.29 is 0 Å². The lowest BCUT2D eigenvalue weighted by molar-refractivity contribution is 0.190. The highest BCUT2D eigenvalue weighted by Crippen LogP contribution is 2.35. The van der Waals surface area contributed by atoms with Gasteiger partial charge < -0.3 is 5.73 Å². The van der Waals surface area contributed by atoms with Crippen LogP contribution in [0.25, 0.3) is 10.9 Å². The molecule has 3 atom stereocenters. The fourth-order valence-electron chi connectivity index (χ4n) is 3.78. The summed E-state index contributed by atoms with van der Waals surface area (Å²) in [5.41, 5.74) is 8.92. The van der Waals surface area contributed by atoms with Gasteiger partial charge in [0.25, 0.3) is 0 Å². The molecule has 0 amide bonds. The molecule has 0 spiro atoms. The second kappa shape index (κ2) is 6.15. The van der Waals surface area contributed by atoms with Crippen molar-refractivity contribution in [2.75, 3.05) is 0 Å². The third kappa shape index (κ3) is 3.11. The first-order valence-electron chi connectivity index (χ1n) is 8.23. The van der Waals surface area contributed by atoms with Crippen molar-refractivity contribution in [1.29, 1.82) is 0 Å². The molecule has 0 radical (unpaired) electrons. The Hall–Kier alpha value is -1.41. The zero-order valence-electron chi connectivity index (χ0n) is 13.1. The second-order valence-corrected chi connectivity index (χ2v) is 6.93. The summed E-state index contributed by atoms with van der Waals surface area (Å²) >= 11 is 0. The quantitative estimate of drug-likeness (QED) is 0.917. The summed E-state index contributed by atoms with van der Waals surface area (Å²) in [7, 11) is 0. The Morgan fingerprint density at radius 1 is 1.19 bits per heavy atom. The Labute approximate surface area is 127 Å². The van der Waals surface area contributed by atoms with Gasteiger partial charge in [-0.05, 0) is 61.1 Å². The molecule has 2 heteroatoms. The lowest BCUT2D eigenvalue weighted by Gasteiger charge is -2.36. The highest BCUT2D eigenvalue weighted by molar-refractivity contribution is 5.81. The van der Waals surface area contributed by atoms with Crippen LogP contribution >= 0.6 is 0 Å². The van der Waals surface area contributed by atoms with E-state index in [4.69, 9.17) is 5.73 Å². The fourth-order valence-corrected chi connectivity index (χ4v) is 3.78. The van der Waals surface area contributed by atoms with Crippen LogP contribution in [-0.4, -0.2) is 11.0 Å². The molecule has 1 aromatic carbocycles. The zero-order chi connectivity index (χ0) is 14.8. The fraction of sp³-hybridized carbons (Fsp3) is 0.526. The van der Waals surface area contributed by atoms with Crippen molar-refractivity contribution in [2.24, 2.45) is 23.5 Å². The second-order valence-electron chi connectivity index (χ2n) is 6.93. The lowest BCUT2D eigenvalue weighted by atomic mass is 9.72. The maximum atomic E-state index is 6.42. The number of hydrogen-bond donors (Lipinski definition) is 1. The minimum Gasteiger partial charge on any atom is -0.327 e. The van der Waals surface area contributed by atoms with Gasteiger partial charge in [-0.1, -0.05) is 32.0 Å². The number of pyridine rings is 1. The normalized spacial score (nSPS) is 26.4. The van der Waals surface area contributed by atoms with Crippen molar-refractivity contribution in [2.45, 2.75) is 45.6 Å². The first kappa shape index (κ1) is 14.5. The molecule has 1 aliphatic carbocycles. The SMILES string of the molecule is CC(C)C1CCC(N)C(Cc2ccnc3ccccc23)C1. The van der Waals surface area contributed by atoms with Gasteiger partial charge in [0, 0.05) is 17.6 Å². The van der Waals surface area contributed by atoms with Crippen molar-refractivity contribution in [3.63, 3.8) is 0 Å². The van der Waals surface area contributed by atoms with E-state index in [2.05, 4.69) is 49.2 Å². The van der Waals surface area contributed by atoms with E-state index in [0.717, 1.165) is 23.8 Å². The summed E-state index contributed by atoms with van der Waals surface area (Å²) in [6.45, 7) is 4.70. The van der Waals surface area contributed by atoms with Crippen LogP contribution in [0.3, 0.4) is 0 Å². The summed E-state index contributed by atoms with van der Waals surface area (Å²) in [5, 5.41) is 1.29. The van der Waals surface area contributed by atoms with Gasteiger partial charge in [0.2, 0.25) is 0 Å². The molecule has 0 saturated heterocycles. The van der Waals surface area contributed by atoms with Crippen LogP contribution in [0.4, 0.5) is 0 Å². The maximum Gasteiger partial charge on any atom is 0.0704 e. The standard InChI is InChI=1S/C19H26N2/c1-13(2)14-7-8-18(20)16(11-14)12-15-9-10-21-19-6-4-3-5-17(15)19/h3-6,9-10,13-14,16,18H,7-8,11-12,20H2,1-2H3. The van der Waals surface area contributed by atoms with Crippen LogP contribution in [0.2, 0.25) is 0 Å². The van der Waals surface area contributed by atoms with Crippen molar-refractivity contribution in [1.82, 2.24) is 4.98 Å². The Kier molecular flexibility index (Phi) is 4.25. The van der Waals surface area contributed by atoms with Gasteiger partial charge >= 0.3 is 0 Å². The topological polar surface area (TPSA) is 38.9 Å².